The van der Waals surface area contributed by atoms with Gasteiger partial charge < -0.3 is 14.7 Å². The Morgan fingerprint density at radius 3 is 2.35 bits per heavy atom. The molecule has 1 rings (SSSR count). The molecule has 100 valence electrons. The largest absolute Gasteiger partial charge is 0.444 e. The van der Waals surface area contributed by atoms with Crippen molar-refractivity contribution in [2.24, 2.45) is 5.92 Å². The van der Waals surface area contributed by atoms with Gasteiger partial charge in [0.1, 0.15) is 5.60 Å². The van der Waals surface area contributed by atoms with Crippen LogP contribution in [0.4, 0.5) is 4.79 Å². The summed E-state index contributed by atoms with van der Waals surface area (Å²) in [5.74, 6) is 0.332. The first-order chi connectivity index (χ1) is 7.83. The fourth-order valence-electron chi connectivity index (χ4n) is 2.13. The number of amides is 1. The molecule has 0 unspecified atom stereocenters. The average molecular weight is 243 g/mol. The highest BCUT2D eigenvalue weighted by Gasteiger charge is 2.29. The standard InChI is InChI=1S/C13H25NO3/c1-5-11(15)10-6-8-14(9-7-10)12(16)17-13(2,3)4/h10-11,15H,5-9H2,1-4H3/t11-/m0/s1. The zero-order chi connectivity index (χ0) is 13.1. The van der Waals surface area contributed by atoms with Gasteiger partial charge in [0.25, 0.3) is 0 Å². The topological polar surface area (TPSA) is 49.8 Å². The van der Waals surface area contributed by atoms with E-state index >= 15 is 0 Å². The van der Waals surface area contributed by atoms with Gasteiger partial charge in [0.15, 0.2) is 0 Å². The number of hydrogen-bond acceptors (Lipinski definition) is 3. The van der Waals surface area contributed by atoms with Gasteiger partial charge in [0.2, 0.25) is 0 Å². The molecular formula is C13H25NO3. The van der Waals surface area contributed by atoms with Crippen molar-refractivity contribution in [1.29, 1.82) is 0 Å². The second kappa shape index (κ2) is 5.71. The van der Waals surface area contributed by atoms with Crippen LogP contribution >= 0.6 is 0 Å². The summed E-state index contributed by atoms with van der Waals surface area (Å²) in [4.78, 5) is 13.5. The lowest BCUT2D eigenvalue weighted by Gasteiger charge is -2.34. The van der Waals surface area contributed by atoms with Crippen molar-refractivity contribution in [3.05, 3.63) is 0 Å². The third-order valence-electron chi connectivity index (χ3n) is 3.15. The van der Waals surface area contributed by atoms with Crippen LogP contribution in [0.3, 0.4) is 0 Å². The van der Waals surface area contributed by atoms with Crippen LogP contribution in [0.2, 0.25) is 0 Å². The third kappa shape index (κ3) is 4.54. The normalized spacial score (nSPS) is 20.2. The van der Waals surface area contributed by atoms with Crippen molar-refractivity contribution in [2.45, 2.75) is 58.7 Å². The van der Waals surface area contributed by atoms with Gasteiger partial charge in [0.05, 0.1) is 6.10 Å². The molecule has 0 aromatic rings. The molecule has 0 aliphatic carbocycles. The number of aliphatic hydroxyl groups excluding tert-OH is 1. The molecule has 0 radical (unpaired) electrons. The Morgan fingerprint density at radius 2 is 1.94 bits per heavy atom. The predicted molar refractivity (Wildman–Crippen MR) is 66.8 cm³/mol. The minimum atomic E-state index is -0.434. The van der Waals surface area contributed by atoms with Gasteiger partial charge in [-0.1, -0.05) is 6.92 Å². The lowest BCUT2D eigenvalue weighted by atomic mass is 9.90. The molecule has 0 aromatic heterocycles. The van der Waals surface area contributed by atoms with Crippen LogP contribution in [0.1, 0.15) is 47.0 Å². The number of likely N-dealkylation sites (tertiary alicyclic amines) is 1. The maximum absolute atomic E-state index is 11.8. The lowest BCUT2D eigenvalue weighted by Crippen LogP contribution is -2.43. The summed E-state index contributed by atoms with van der Waals surface area (Å²) < 4.78 is 5.32. The van der Waals surface area contributed by atoms with E-state index in [4.69, 9.17) is 4.74 Å². The Bertz CT molecular complexity index is 252. The summed E-state index contributed by atoms with van der Waals surface area (Å²) in [7, 11) is 0. The highest BCUT2D eigenvalue weighted by molar-refractivity contribution is 5.68. The Hall–Kier alpha value is -0.770. The van der Waals surface area contributed by atoms with Crippen molar-refractivity contribution in [2.75, 3.05) is 13.1 Å². The average Bonchev–Trinajstić information content (AvgIpc) is 2.26. The van der Waals surface area contributed by atoms with Crippen LogP contribution in [0.5, 0.6) is 0 Å². The first-order valence-corrected chi connectivity index (χ1v) is 6.49. The molecule has 0 saturated carbocycles. The van der Waals surface area contributed by atoms with Crippen LogP contribution in [0.25, 0.3) is 0 Å². The fourth-order valence-corrected chi connectivity index (χ4v) is 2.13. The van der Waals surface area contributed by atoms with Gasteiger partial charge in [0, 0.05) is 13.1 Å². The quantitative estimate of drug-likeness (QED) is 0.810. The monoisotopic (exact) mass is 243 g/mol. The van der Waals surface area contributed by atoms with Gasteiger partial charge >= 0.3 is 6.09 Å². The Labute approximate surface area is 104 Å². The van der Waals surface area contributed by atoms with Gasteiger partial charge in [-0.05, 0) is 46.0 Å². The van der Waals surface area contributed by atoms with E-state index < -0.39 is 5.60 Å². The van der Waals surface area contributed by atoms with E-state index in [2.05, 4.69) is 0 Å². The molecular weight excluding hydrogens is 218 g/mol. The molecule has 0 bridgehead atoms. The van der Waals surface area contributed by atoms with E-state index in [1.54, 1.807) is 4.90 Å². The van der Waals surface area contributed by atoms with Gasteiger partial charge in [-0.3, -0.25) is 0 Å². The molecule has 1 atom stereocenters. The number of carbonyl (C=O) groups excluding carboxylic acids is 1. The van der Waals surface area contributed by atoms with Crippen molar-refractivity contribution in [3.63, 3.8) is 0 Å². The van der Waals surface area contributed by atoms with E-state index in [1.807, 2.05) is 27.7 Å². The van der Waals surface area contributed by atoms with E-state index in [1.165, 1.54) is 0 Å². The molecule has 1 aliphatic rings. The molecule has 1 fully saturated rings. The summed E-state index contributed by atoms with van der Waals surface area (Å²) in [5.41, 5.74) is -0.434. The number of piperidine rings is 1. The molecule has 1 N–H and O–H groups in total. The summed E-state index contributed by atoms with van der Waals surface area (Å²) in [6, 6.07) is 0. The Kier molecular flexibility index (Phi) is 4.80. The van der Waals surface area contributed by atoms with Crippen LogP contribution in [-0.2, 0) is 4.74 Å². The van der Waals surface area contributed by atoms with Crippen LogP contribution in [-0.4, -0.2) is 40.9 Å². The lowest BCUT2D eigenvalue weighted by molar-refractivity contribution is 0.00754. The summed E-state index contributed by atoms with van der Waals surface area (Å²) >= 11 is 0. The van der Waals surface area contributed by atoms with Crippen molar-refractivity contribution >= 4 is 6.09 Å². The van der Waals surface area contributed by atoms with Gasteiger partial charge in [-0.15, -0.1) is 0 Å². The molecule has 0 aromatic carbocycles. The number of ether oxygens (including phenoxy) is 1. The number of rotatable bonds is 2. The maximum atomic E-state index is 11.8. The van der Waals surface area contributed by atoms with Gasteiger partial charge in [-0.2, -0.15) is 0 Å². The molecule has 0 spiro atoms. The van der Waals surface area contributed by atoms with Gasteiger partial charge in [-0.25, -0.2) is 4.79 Å². The summed E-state index contributed by atoms with van der Waals surface area (Å²) in [6.45, 7) is 8.99. The molecule has 17 heavy (non-hydrogen) atoms. The number of hydrogen-bond donors (Lipinski definition) is 1. The molecule has 4 nitrogen and oxygen atoms in total. The van der Waals surface area contributed by atoms with E-state index in [-0.39, 0.29) is 12.2 Å². The fraction of sp³-hybridized carbons (Fsp3) is 0.923. The van der Waals surface area contributed by atoms with E-state index in [0.29, 0.717) is 19.0 Å². The Balaban J connectivity index is 2.39. The smallest absolute Gasteiger partial charge is 0.410 e. The first-order valence-electron chi connectivity index (χ1n) is 6.49. The van der Waals surface area contributed by atoms with E-state index in [0.717, 1.165) is 19.3 Å². The number of carbonyl (C=O) groups is 1. The second-order valence-corrected chi connectivity index (χ2v) is 5.78. The predicted octanol–water partition coefficient (Wildman–Crippen LogP) is 2.40. The van der Waals surface area contributed by atoms with E-state index in [9.17, 15) is 9.90 Å². The minimum Gasteiger partial charge on any atom is -0.444 e. The first kappa shape index (κ1) is 14.3. The molecule has 1 aliphatic heterocycles. The highest BCUT2D eigenvalue weighted by atomic mass is 16.6. The highest BCUT2D eigenvalue weighted by Crippen LogP contribution is 2.23. The van der Waals surface area contributed by atoms with Crippen molar-refractivity contribution < 1.29 is 14.6 Å². The SMILES string of the molecule is CC[C@H](O)C1CCN(C(=O)OC(C)(C)C)CC1. The maximum Gasteiger partial charge on any atom is 0.410 e. The second-order valence-electron chi connectivity index (χ2n) is 5.78. The number of nitrogens with zero attached hydrogens (tertiary/aromatic N) is 1. The van der Waals surface area contributed by atoms with Crippen molar-refractivity contribution in [1.82, 2.24) is 4.90 Å². The molecule has 1 heterocycles. The Morgan fingerprint density at radius 1 is 1.41 bits per heavy atom. The summed E-state index contributed by atoms with van der Waals surface area (Å²) in [6.07, 6.45) is 2.07. The minimum absolute atomic E-state index is 0.226. The zero-order valence-corrected chi connectivity index (χ0v) is 11.4. The van der Waals surface area contributed by atoms with Crippen molar-refractivity contribution in [3.8, 4) is 0 Å². The molecule has 4 heteroatoms. The van der Waals surface area contributed by atoms with Crippen LogP contribution < -0.4 is 0 Å². The summed E-state index contributed by atoms with van der Waals surface area (Å²) in [5, 5.41) is 9.76. The molecule has 1 amide bonds. The molecule has 1 saturated heterocycles. The zero-order valence-electron chi connectivity index (χ0n) is 11.4. The third-order valence-corrected chi connectivity index (χ3v) is 3.15. The van der Waals surface area contributed by atoms with Crippen LogP contribution in [0, 0.1) is 5.92 Å². The number of aliphatic hydroxyl groups is 1. The van der Waals surface area contributed by atoms with Crippen LogP contribution in [0.15, 0.2) is 0 Å².